The van der Waals surface area contributed by atoms with Crippen LogP contribution in [0.1, 0.15) is 27.2 Å². The molecule has 94 valence electrons. The van der Waals surface area contributed by atoms with Crippen LogP contribution in [0.3, 0.4) is 0 Å². The van der Waals surface area contributed by atoms with Crippen molar-refractivity contribution < 1.29 is 4.79 Å². The van der Waals surface area contributed by atoms with Gasteiger partial charge in [0, 0.05) is 24.2 Å². The lowest BCUT2D eigenvalue weighted by Crippen LogP contribution is -2.24. The Balaban J connectivity index is 2.06. The predicted molar refractivity (Wildman–Crippen MR) is 72.3 cm³/mol. The molecule has 0 aliphatic rings. The third kappa shape index (κ3) is 3.17. The van der Waals surface area contributed by atoms with Crippen LogP contribution >= 0.6 is 0 Å². The number of carbonyl (C=O) groups is 1. The van der Waals surface area contributed by atoms with E-state index in [2.05, 4.69) is 21.2 Å². The molecule has 0 atom stereocenters. The summed E-state index contributed by atoms with van der Waals surface area (Å²) in [4.78, 5) is 20.1. The first-order valence-electron chi connectivity index (χ1n) is 5.81. The monoisotopic (exact) mass is 251 g/mol. The molecule has 0 unspecified atom stereocenters. The molecule has 1 N–H and O–H groups in total. The van der Waals surface area contributed by atoms with E-state index in [4.69, 9.17) is 6.42 Å². The molecule has 2 aromatic rings. The van der Waals surface area contributed by atoms with Gasteiger partial charge < -0.3 is 5.32 Å². The Morgan fingerprint density at radius 1 is 1.47 bits per heavy atom. The number of aryl methyl sites for hydroxylation is 1. The molecular formula is C15H13N3O. The number of hydrogen-bond donors (Lipinski definition) is 1. The van der Waals surface area contributed by atoms with Gasteiger partial charge in [-0.25, -0.2) is 0 Å². The van der Waals surface area contributed by atoms with Gasteiger partial charge in [-0.3, -0.25) is 14.8 Å². The number of nitrogens with zero attached hydrogens (tertiary/aromatic N) is 2. The van der Waals surface area contributed by atoms with Crippen LogP contribution < -0.4 is 5.32 Å². The van der Waals surface area contributed by atoms with Crippen molar-refractivity contribution in [1.82, 2.24) is 15.3 Å². The molecular weight excluding hydrogens is 238 g/mol. The molecule has 2 aromatic heterocycles. The first-order valence-corrected chi connectivity index (χ1v) is 5.81. The lowest BCUT2D eigenvalue weighted by atomic mass is 10.2. The zero-order chi connectivity index (χ0) is 13.7. The number of pyridine rings is 2. The second kappa shape index (κ2) is 5.78. The average molecular weight is 251 g/mol. The maximum Gasteiger partial charge on any atom is 0.253 e. The van der Waals surface area contributed by atoms with Crippen molar-refractivity contribution in [2.75, 3.05) is 0 Å². The molecule has 0 aromatic carbocycles. The molecule has 0 radical (unpaired) electrons. The largest absolute Gasteiger partial charge is 0.346 e. The van der Waals surface area contributed by atoms with E-state index >= 15 is 0 Å². The number of rotatable bonds is 3. The smallest absolute Gasteiger partial charge is 0.253 e. The van der Waals surface area contributed by atoms with E-state index in [0.29, 0.717) is 17.7 Å². The fourth-order valence-corrected chi connectivity index (χ4v) is 1.61. The molecule has 0 aliphatic carbocycles. The molecule has 0 saturated carbocycles. The van der Waals surface area contributed by atoms with Crippen LogP contribution in [0.15, 0.2) is 36.8 Å². The van der Waals surface area contributed by atoms with Gasteiger partial charge in [0.2, 0.25) is 0 Å². The SMILES string of the molecule is C#Cc1cncc(C(=O)NCc2ncccc2C)c1. The number of terminal acetylenes is 1. The molecule has 0 spiro atoms. The Hall–Kier alpha value is -2.67. The quantitative estimate of drug-likeness (QED) is 0.845. The number of carbonyl (C=O) groups excluding carboxylic acids is 1. The van der Waals surface area contributed by atoms with Crippen LogP contribution in [0.4, 0.5) is 0 Å². The molecule has 4 nitrogen and oxygen atoms in total. The van der Waals surface area contributed by atoms with Crippen molar-refractivity contribution in [3.8, 4) is 12.3 Å². The van der Waals surface area contributed by atoms with E-state index in [0.717, 1.165) is 11.3 Å². The summed E-state index contributed by atoms with van der Waals surface area (Å²) >= 11 is 0. The Morgan fingerprint density at radius 2 is 2.32 bits per heavy atom. The normalized spacial score (nSPS) is 9.68. The number of amides is 1. The molecule has 0 fully saturated rings. The summed E-state index contributed by atoms with van der Waals surface area (Å²) in [6, 6.07) is 5.45. The van der Waals surface area contributed by atoms with Gasteiger partial charge in [-0.15, -0.1) is 6.42 Å². The Labute approximate surface area is 111 Å². The van der Waals surface area contributed by atoms with Gasteiger partial charge in [0.15, 0.2) is 0 Å². The molecule has 4 heteroatoms. The molecule has 0 bridgehead atoms. The van der Waals surface area contributed by atoms with E-state index in [1.807, 2.05) is 19.1 Å². The molecule has 0 aliphatic heterocycles. The van der Waals surface area contributed by atoms with Gasteiger partial charge >= 0.3 is 0 Å². The minimum Gasteiger partial charge on any atom is -0.346 e. The van der Waals surface area contributed by atoms with Gasteiger partial charge in [0.25, 0.3) is 5.91 Å². The van der Waals surface area contributed by atoms with Gasteiger partial charge in [-0.05, 0) is 24.6 Å². The number of hydrogen-bond acceptors (Lipinski definition) is 3. The molecule has 0 saturated heterocycles. The zero-order valence-corrected chi connectivity index (χ0v) is 10.6. The van der Waals surface area contributed by atoms with Gasteiger partial charge in [-0.2, -0.15) is 0 Å². The summed E-state index contributed by atoms with van der Waals surface area (Å²) in [6.07, 6.45) is 10.0. The van der Waals surface area contributed by atoms with Crippen LogP contribution in [0.2, 0.25) is 0 Å². The van der Waals surface area contributed by atoms with Crippen molar-refractivity contribution in [3.63, 3.8) is 0 Å². The lowest BCUT2D eigenvalue weighted by molar-refractivity contribution is 0.0950. The zero-order valence-electron chi connectivity index (χ0n) is 10.6. The van der Waals surface area contributed by atoms with Crippen LogP contribution in [-0.2, 0) is 6.54 Å². The summed E-state index contributed by atoms with van der Waals surface area (Å²) in [5.41, 5.74) is 2.92. The Morgan fingerprint density at radius 3 is 3.05 bits per heavy atom. The summed E-state index contributed by atoms with van der Waals surface area (Å²) in [5, 5.41) is 2.80. The van der Waals surface area contributed by atoms with Crippen LogP contribution in [0.5, 0.6) is 0 Å². The first-order chi connectivity index (χ1) is 9.20. The number of aromatic nitrogens is 2. The lowest BCUT2D eigenvalue weighted by Gasteiger charge is -2.06. The third-order valence-corrected chi connectivity index (χ3v) is 2.70. The van der Waals surface area contributed by atoms with Gasteiger partial charge in [0.05, 0.1) is 17.8 Å². The second-order valence-electron chi connectivity index (χ2n) is 4.06. The molecule has 19 heavy (non-hydrogen) atoms. The minimum absolute atomic E-state index is 0.213. The number of nitrogens with one attached hydrogen (secondary N) is 1. The highest BCUT2D eigenvalue weighted by molar-refractivity contribution is 5.94. The summed E-state index contributed by atoms with van der Waals surface area (Å²) in [5.74, 6) is 2.24. The Bertz CT molecular complexity index is 644. The predicted octanol–water partition coefficient (Wildman–Crippen LogP) is 1.70. The highest BCUT2D eigenvalue weighted by Gasteiger charge is 2.07. The van der Waals surface area contributed by atoms with Crippen molar-refractivity contribution in [3.05, 3.63) is 59.2 Å². The fourth-order valence-electron chi connectivity index (χ4n) is 1.61. The highest BCUT2D eigenvalue weighted by Crippen LogP contribution is 2.04. The van der Waals surface area contributed by atoms with E-state index in [-0.39, 0.29) is 5.91 Å². The minimum atomic E-state index is -0.213. The maximum atomic E-state index is 11.9. The maximum absolute atomic E-state index is 11.9. The summed E-state index contributed by atoms with van der Waals surface area (Å²) in [6.45, 7) is 2.33. The van der Waals surface area contributed by atoms with E-state index in [9.17, 15) is 4.79 Å². The van der Waals surface area contributed by atoms with Crippen molar-refractivity contribution in [2.24, 2.45) is 0 Å². The summed E-state index contributed by atoms with van der Waals surface area (Å²) < 4.78 is 0. The summed E-state index contributed by atoms with van der Waals surface area (Å²) in [7, 11) is 0. The average Bonchev–Trinajstić information content (AvgIpc) is 2.46. The van der Waals surface area contributed by atoms with Crippen molar-refractivity contribution in [2.45, 2.75) is 13.5 Å². The van der Waals surface area contributed by atoms with E-state index in [1.54, 1.807) is 18.5 Å². The van der Waals surface area contributed by atoms with Crippen LogP contribution in [0.25, 0.3) is 0 Å². The second-order valence-corrected chi connectivity index (χ2v) is 4.06. The van der Waals surface area contributed by atoms with E-state index < -0.39 is 0 Å². The van der Waals surface area contributed by atoms with Gasteiger partial charge in [0.1, 0.15) is 0 Å². The Kier molecular flexibility index (Phi) is 3.89. The molecule has 2 heterocycles. The van der Waals surface area contributed by atoms with Crippen LogP contribution in [-0.4, -0.2) is 15.9 Å². The molecule has 1 amide bonds. The van der Waals surface area contributed by atoms with E-state index in [1.165, 1.54) is 6.20 Å². The van der Waals surface area contributed by atoms with Crippen molar-refractivity contribution in [1.29, 1.82) is 0 Å². The standard InChI is InChI=1S/C15H13N3O/c1-3-12-7-13(9-16-8-12)15(19)18-10-14-11(2)5-4-6-17-14/h1,4-9H,10H2,2H3,(H,18,19). The first kappa shape index (κ1) is 12.8. The van der Waals surface area contributed by atoms with Crippen LogP contribution in [0, 0.1) is 19.3 Å². The topological polar surface area (TPSA) is 54.9 Å². The highest BCUT2D eigenvalue weighted by atomic mass is 16.1. The fraction of sp³-hybridized carbons (Fsp3) is 0.133. The molecule has 2 rings (SSSR count). The van der Waals surface area contributed by atoms with Crippen molar-refractivity contribution >= 4 is 5.91 Å². The van der Waals surface area contributed by atoms with Gasteiger partial charge in [-0.1, -0.05) is 12.0 Å². The third-order valence-electron chi connectivity index (χ3n) is 2.70.